The molecule has 6 heteroatoms. The quantitative estimate of drug-likeness (QED) is 0.442. The van der Waals surface area contributed by atoms with Gasteiger partial charge in [0.15, 0.2) is 0 Å². The van der Waals surface area contributed by atoms with Crippen molar-refractivity contribution >= 4 is 17.9 Å². The third kappa shape index (κ3) is 4.73. The highest BCUT2D eigenvalue weighted by Crippen LogP contribution is 2.31. The largest absolute Gasteiger partial charge is 0.481 e. The van der Waals surface area contributed by atoms with Crippen molar-refractivity contribution in [1.29, 1.82) is 0 Å². The Morgan fingerprint density at radius 2 is 1.68 bits per heavy atom. The number of rotatable bonds is 6. The lowest BCUT2D eigenvalue weighted by Crippen LogP contribution is -2.34. The number of carbonyl (C=O) groups excluding carboxylic acids is 2. The molecule has 0 aliphatic heterocycles. The van der Waals surface area contributed by atoms with Crippen LogP contribution in [0.3, 0.4) is 0 Å². The summed E-state index contributed by atoms with van der Waals surface area (Å²) in [6, 6.07) is 0. The minimum atomic E-state index is -0.959. The van der Waals surface area contributed by atoms with Crippen molar-refractivity contribution < 1.29 is 29.0 Å². The van der Waals surface area contributed by atoms with Crippen LogP contribution in [-0.4, -0.2) is 36.2 Å². The van der Waals surface area contributed by atoms with Crippen LogP contribution in [0.25, 0.3) is 0 Å². The van der Waals surface area contributed by atoms with Gasteiger partial charge >= 0.3 is 17.9 Å². The van der Waals surface area contributed by atoms with Gasteiger partial charge in [-0.05, 0) is 12.8 Å². The van der Waals surface area contributed by atoms with Gasteiger partial charge in [-0.2, -0.15) is 0 Å². The lowest BCUT2D eigenvalue weighted by Gasteiger charge is -2.26. The number of hydrogen-bond donors (Lipinski definition) is 1. The molecule has 19 heavy (non-hydrogen) atoms. The normalized spacial score (nSPS) is 22.3. The molecule has 1 aliphatic carbocycles. The fraction of sp³-hybridized carbons (Fsp3) is 0.615. The van der Waals surface area contributed by atoms with E-state index < -0.39 is 29.7 Å². The van der Waals surface area contributed by atoms with E-state index in [2.05, 4.69) is 11.3 Å². The number of ether oxygens (including phenoxy) is 2. The van der Waals surface area contributed by atoms with Crippen LogP contribution in [0, 0.1) is 11.8 Å². The predicted molar refractivity (Wildman–Crippen MR) is 65.2 cm³/mol. The Labute approximate surface area is 111 Å². The summed E-state index contributed by atoms with van der Waals surface area (Å²) in [5, 5.41) is 9.05. The number of carboxylic acids is 1. The molecule has 0 amide bonds. The SMILES string of the molecule is C=CC(=O)OCCOC(=O)C1CCCC[C@H]1C(=O)O. The Hall–Kier alpha value is -1.85. The molecular formula is C13H18O6. The summed E-state index contributed by atoms with van der Waals surface area (Å²) in [6.07, 6.45) is 3.69. The van der Waals surface area contributed by atoms with Crippen LogP contribution in [0.4, 0.5) is 0 Å². The second kappa shape index (κ2) is 7.56. The molecule has 1 aliphatic rings. The van der Waals surface area contributed by atoms with Gasteiger partial charge in [0, 0.05) is 6.08 Å². The van der Waals surface area contributed by atoms with Gasteiger partial charge in [-0.1, -0.05) is 19.4 Å². The topological polar surface area (TPSA) is 89.9 Å². The second-order valence-corrected chi connectivity index (χ2v) is 4.37. The van der Waals surface area contributed by atoms with Gasteiger partial charge in [-0.25, -0.2) is 4.79 Å². The van der Waals surface area contributed by atoms with E-state index in [0.717, 1.165) is 18.9 Å². The van der Waals surface area contributed by atoms with Crippen molar-refractivity contribution in [1.82, 2.24) is 0 Å². The first-order chi connectivity index (χ1) is 9.06. The van der Waals surface area contributed by atoms with E-state index in [4.69, 9.17) is 9.84 Å². The summed E-state index contributed by atoms with van der Waals surface area (Å²) >= 11 is 0. The molecule has 1 N–H and O–H groups in total. The molecule has 0 spiro atoms. The van der Waals surface area contributed by atoms with E-state index in [1.807, 2.05) is 0 Å². The molecule has 0 aromatic rings. The van der Waals surface area contributed by atoms with E-state index >= 15 is 0 Å². The molecule has 0 aromatic heterocycles. The van der Waals surface area contributed by atoms with Gasteiger partial charge in [0.2, 0.25) is 0 Å². The summed E-state index contributed by atoms with van der Waals surface area (Å²) in [4.78, 5) is 33.6. The van der Waals surface area contributed by atoms with E-state index in [1.54, 1.807) is 0 Å². The van der Waals surface area contributed by atoms with Crippen molar-refractivity contribution in [2.75, 3.05) is 13.2 Å². The molecule has 6 nitrogen and oxygen atoms in total. The Morgan fingerprint density at radius 1 is 1.11 bits per heavy atom. The van der Waals surface area contributed by atoms with Crippen LogP contribution in [0.5, 0.6) is 0 Å². The Kier molecular flexibility index (Phi) is 6.05. The third-order valence-corrected chi connectivity index (χ3v) is 3.12. The maximum Gasteiger partial charge on any atom is 0.330 e. The van der Waals surface area contributed by atoms with Crippen molar-refractivity contribution in [2.45, 2.75) is 25.7 Å². The molecule has 0 saturated heterocycles. The fourth-order valence-electron chi connectivity index (χ4n) is 2.16. The minimum Gasteiger partial charge on any atom is -0.481 e. The maximum absolute atomic E-state index is 11.8. The van der Waals surface area contributed by atoms with E-state index in [9.17, 15) is 14.4 Å². The summed E-state index contributed by atoms with van der Waals surface area (Å²) < 4.78 is 9.60. The summed E-state index contributed by atoms with van der Waals surface area (Å²) in [7, 11) is 0. The van der Waals surface area contributed by atoms with Crippen LogP contribution in [-0.2, 0) is 23.9 Å². The van der Waals surface area contributed by atoms with Crippen molar-refractivity contribution in [3.63, 3.8) is 0 Å². The highest BCUT2D eigenvalue weighted by molar-refractivity contribution is 5.82. The molecule has 1 saturated carbocycles. The number of carbonyl (C=O) groups is 3. The molecule has 0 bridgehead atoms. The molecular weight excluding hydrogens is 252 g/mol. The van der Waals surface area contributed by atoms with E-state index in [0.29, 0.717) is 12.8 Å². The van der Waals surface area contributed by atoms with Crippen LogP contribution in [0.15, 0.2) is 12.7 Å². The molecule has 1 fully saturated rings. The first-order valence-electron chi connectivity index (χ1n) is 6.25. The van der Waals surface area contributed by atoms with Gasteiger partial charge in [0.1, 0.15) is 13.2 Å². The second-order valence-electron chi connectivity index (χ2n) is 4.37. The van der Waals surface area contributed by atoms with Gasteiger partial charge in [0.05, 0.1) is 11.8 Å². The molecule has 1 unspecified atom stereocenters. The van der Waals surface area contributed by atoms with E-state index in [1.165, 1.54) is 0 Å². The number of hydrogen-bond acceptors (Lipinski definition) is 5. The number of carboxylic acid groups (broad SMARTS) is 1. The fourth-order valence-corrected chi connectivity index (χ4v) is 2.16. The van der Waals surface area contributed by atoms with Crippen LogP contribution in [0.1, 0.15) is 25.7 Å². The zero-order valence-corrected chi connectivity index (χ0v) is 10.7. The number of esters is 2. The van der Waals surface area contributed by atoms with Crippen molar-refractivity contribution in [2.24, 2.45) is 11.8 Å². The van der Waals surface area contributed by atoms with Crippen LogP contribution in [0.2, 0.25) is 0 Å². The molecule has 2 atom stereocenters. The Balaban J connectivity index is 2.36. The lowest BCUT2D eigenvalue weighted by molar-refractivity contribution is -0.161. The van der Waals surface area contributed by atoms with E-state index in [-0.39, 0.29) is 13.2 Å². The maximum atomic E-state index is 11.8. The monoisotopic (exact) mass is 270 g/mol. The summed E-state index contributed by atoms with van der Waals surface area (Å²) in [5.41, 5.74) is 0. The Bertz CT molecular complexity index is 362. The standard InChI is InChI=1S/C13H18O6/c1-2-11(14)18-7-8-19-13(17)10-6-4-3-5-9(10)12(15)16/h2,9-10H,1,3-8H2,(H,15,16)/t9-,10?/m1/s1. The summed E-state index contributed by atoms with van der Waals surface area (Å²) in [5.74, 6) is -3.34. The van der Waals surface area contributed by atoms with Gasteiger partial charge in [-0.3, -0.25) is 9.59 Å². The van der Waals surface area contributed by atoms with Gasteiger partial charge in [-0.15, -0.1) is 0 Å². The highest BCUT2D eigenvalue weighted by Gasteiger charge is 2.36. The first kappa shape index (κ1) is 15.2. The zero-order chi connectivity index (χ0) is 14.3. The van der Waals surface area contributed by atoms with Gasteiger partial charge in [0.25, 0.3) is 0 Å². The molecule has 1 rings (SSSR count). The molecule has 0 radical (unpaired) electrons. The lowest BCUT2D eigenvalue weighted by atomic mass is 9.79. The van der Waals surface area contributed by atoms with Crippen molar-refractivity contribution in [3.8, 4) is 0 Å². The minimum absolute atomic E-state index is 0.0545. The molecule has 0 heterocycles. The zero-order valence-electron chi connectivity index (χ0n) is 10.7. The van der Waals surface area contributed by atoms with Crippen molar-refractivity contribution in [3.05, 3.63) is 12.7 Å². The molecule has 106 valence electrons. The highest BCUT2D eigenvalue weighted by atomic mass is 16.6. The first-order valence-corrected chi connectivity index (χ1v) is 6.25. The molecule has 0 aromatic carbocycles. The summed E-state index contributed by atoms with van der Waals surface area (Å²) in [6.45, 7) is 3.11. The third-order valence-electron chi connectivity index (χ3n) is 3.12. The van der Waals surface area contributed by atoms with Crippen LogP contribution >= 0.6 is 0 Å². The predicted octanol–water partition coefficient (Wildman–Crippen LogP) is 1.15. The average Bonchev–Trinajstić information content (AvgIpc) is 2.42. The van der Waals surface area contributed by atoms with Crippen LogP contribution < -0.4 is 0 Å². The Morgan fingerprint density at radius 3 is 2.26 bits per heavy atom. The smallest absolute Gasteiger partial charge is 0.330 e. The van der Waals surface area contributed by atoms with Gasteiger partial charge < -0.3 is 14.6 Å². The average molecular weight is 270 g/mol. The number of aliphatic carboxylic acids is 1.